The SMILES string of the molecule is CCOC(=O)c1c(C)[nH]c(C(=O)NC2CCN(C(=O)OCC)CC2)c1C. The third-order valence-corrected chi connectivity index (χ3v) is 4.50. The fourth-order valence-corrected chi connectivity index (χ4v) is 3.17. The van der Waals surface area contributed by atoms with Crippen molar-refractivity contribution >= 4 is 18.0 Å². The number of nitrogens with one attached hydrogen (secondary N) is 2. The molecule has 8 nitrogen and oxygen atoms in total. The lowest BCUT2D eigenvalue weighted by Crippen LogP contribution is -2.46. The number of aromatic amines is 1. The summed E-state index contributed by atoms with van der Waals surface area (Å²) < 4.78 is 10.0. The van der Waals surface area contributed by atoms with Crippen molar-refractivity contribution in [2.45, 2.75) is 46.6 Å². The number of carbonyl (C=O) groups excluding carboxylic acids is 3. The number of ether oxygens (including phenoxy) is 2. The summed E-state index contributed by atoms with van der Waals surface area (Å²) in [5.74, 6) is -0.684. The number of nitrogens with zero attached hydrogens (tertiary/aromatic N) is 1. The fourth-order valence-electron chi connectivity index (χ4n) is 3.17. The van der Waals surface area contributed by atoms with Crippen LogP contribution in [-0.2, 0) is 9.47 Å². The van der Waals surface area contributed by atoms with Gasteiger partial charge < -0.3 is 24.7 Å². The first kappa shape index (κ1) is 19.8. The maximum atomic E-state index is 12.6. The van der Waals surface area contributed by atoms with Crippen molar-refractivity contribution in [2.24, 2.45) is 0 Å². The highest BCUT2D eigenvalue weighted by Crippen LogP contribution is 2.20. The standard InChI is InChI=1S/C18H27N3O5/c1-5-25-17(23)14-11(3)15(19-12(14)4)16(22)20-13-7-9-21(10-8-13)18(24)26-6-2/h13,19H,5-10H2,1-4H3,(H,20,22). The number of aromatic nitrogens is 1. The number of aryl methyl sites for hydroxylation is 1. The summed E-state index contributed by atoms with van der Waals surface area (Å²) in [6.45, 7) is 8.71. The van der Waals surface area contributed by atoms with Crippen LogP contribution in [0.2, 0.25) is 0 Å². The molecule has 1 aliphatic heterocycles. The predicted octanol–water partition coefficient (Wildman–Crippen LogP) is 2.16. The van der Waals surface area contributed by atoms with Crippen molar-refractivity contribution in [3.63, 3.8) is 0 Å². The summed E-state index contributed by atoms with van der Waals surface area (Å²) in [7, 11) is 0. The van der Waals surface area contributed by atoms with Gasteiger partial charge in [-0.2, -0.15) is 0 Å². The highest BCUT2D eigenvalue weighted by molar-refractivity contribution is 6.00. The van der Waals surface area contributed by atoms with Crippen molar-refractivity contribution in [1.29, 1.82) is 0 Å². The maximum absolute atomic E-state index is 12.6. The second-order valence-electron chi connectivity index (χ2n) is 6.28. The number of amides is 2. The summed E-state index contributed by atoms with van der Waals surface area (Å²) in [5, 5.41) is 2.98. The summed E-state index contributed by atoms with van der Waals surface area (Å²) in [4.78, 5) is 41.0. The van der Waals surface area contributed by atoms with E-state index in [1.807, 2.05) is 0 Å². The molecule has 26 heavy (non-hydrogen) atoms. The minimum absolute atomic E-state index is 0.0257. The first-order chi connectivity index (χ1) is 12.4. The average molecular weight is 365 g/mol. The molecule has 1 saturated heterocycles. The van der Waals surface area contributed by atoms with Crippen LogP contribution < -0.4 is 5.32 Å². The summed E-state index contributed by atoms with van der Waals surface area (Å²) >= 11 is 0. The molecular formula is C18H27N3O5. The van der Waals surface area contributed by atoms with E-state index in [0.717, 1.165) is 0 Å². The first-order valence-corrected chi connectivity index (χ1v) is 8.97. The van der Waals surface area contributed by atoms with Gasteiger partial charge in [0.25, 0.3) is 5.91 Å². The molecule has 8 heteroatoms. The lowest BCUT2D eigenvalue weighted by molar-refractivity contribution is 0.0524. The molecule has 0 radical (unpaired) electrons. The molecule has 0 spiro atoms. The zero-order valence-corrected chi connectivity index (χ0v) is 15.8. The van der Waals surface area contributed by atoms with Crippen LogP contribution >= 0.6 is 0 Å². The molecule has 1 aromatic rings. The minimum atomic E-state index is -0.430. The average Bonchev–Trinajstić information content (AvgIpc) is 2.90. The number of carbonyl (C=O) groups is 3. The highest BCUT2D eigenvalue weighted by atomic mass is 16.6. The highest BCUT2D eigenvalue weighted by Gasteiger charge is 2.27. The van der Waals surface area contributed by atoms with Crippen LogP contribution in [0.4, 0.5) is 4.79 Å². The van der Waals surface area contributed by atoms with E-state index in [2.05, 4.69) is 10.3 Å². The predicted molar refractivity (Wildman–Crippen MR) is 95.3 cm³/mol. The Labute approximate surface area is 153 Å². The van der Waals surface area contributed by atoms with Gasteiger partial charge in [0.15, 0.2) is 0 Å². The van der Waals surface area contributed by atoms with Crippen LogP contribution in [0, 0.1) is 13.8 Å². The largest absolute Gasteiger partial charge is 0.462 e. The van der Waals surface area contributed by atoms with E-state index in [-0.39, 0.29) is 24.6 Å². The van der Waals surface area contributed by atoms with Gasteiger partial charge in [-0.15, -0.1) is 0 Å². The quantitative estimate of drug-likeness (QED) is 0.779. The number of esters is 1. The fraction of sp³-hybridized carbons (Fsp3) is 0.611. The van der Waals surface area contributed by atoms with Gasteiger partial charge in [-0.3, -0.25) is 4.79 Å². The Morgan fingerprint density at radius 3 is 2.31 bits per heavy atom. The van der Waals surface area contributed by atoms with Crippen LogP contribution in [0.5, 0.6) is 0 Å². The molecular weight excluding hydrogens is 338 g/mol. The van der Waals surface area contributed by atoms with Gasteiger partial charge in [-0.1, -0.05) is 0 Å². The Kier molecular flexibility index (Phi) is 6.65. The first-order valence-electron chi connectivity index (χ1n) is 8.97. The third-order valence-electron chi connectivity index (χ3n) is 4.50. The number of hydrogen-bond acceptors (Lipinski definition) is 5. The molecule has 0 aliphatic carbocycles. The van der Waals surface area contributed by atoms with Gasteiger partial charge in [-0.05, 0) is 46.1 Å². The second-order valence-corrected chi connectivity index (χ2v) is 6.28. The Hall–Kier alpha value is -2.51. The molecule has 1 aliphatic rings. The Morgan fingerprint density at radius 1 is 1.12 bits per heavy atom. The van der Waals surface area contributed by atoms with Crippen LogP contribution in [0.25, 0.3) is 0 Å². The zero-order chi connectivity index (χ0) is 19.3. The smallest absolute Gasteiger partial charge is 0.409 e. The van der Waals surface area contributed by atoms with Gasteiger partial charge in [0, 0.05) is 24.8 Å². The summed E-state index contributed by atoms with van der Waals surface area (Å²) in [6.07, 6.45) is 1.01. The van der Waals surface area contributed by atoms with Gasteiger partial charge in [0.2, 0.25) is 0 Å². The Morgan fingerprint density at radius 2 is 1.73 bits per heavy atom. The van der Waals surface area contributed by atoms with Gasteiger partial charge >= 0.3 is 12.1 Å². The zero-order valence-electron chi connectivity index (χ0n) is 15.8. The molecule has 0 atom stereocenters. The molecule has 0 unspecified atom stereocenters. The minimum Gasteiger partial charge on any atom is -0.462 e. The van der Waals surface area contributed by atoms with E-state index in [4.69, 9.17) is 9.47 Å². The number of likely N-dealkylation sites (tertiary alicyclic amines) is 1. The number of hydrogen-bond donors (Lipinski definition) is 2. The number of H-pyrrole nitrogens is 1. The molecule has 2 heterocycles. The van der Waals surface area contributed by atoms with Crippen molar-refractivity contribution in [3.05, 3.63) is 22.5 Å². The molecule has 0 aromatic carbocycles. The van der Waals surface area contributed by atoms with Gasteiger partial charge in [0.05, 0.1) is 18.8 Å². The lowest BCUT2D eigenvalue weighted by atomic mass is 10.0. The molecule has 2 amide bonds. The van der Waals surface area contributed by atoms with Crippen LogP contribution in [0.15, 0.2) is 0 Å². The second kappa shape index (κ2) is 8.73. The van der Waals surface area contributed by atoms with E-state index in [9.17, 15) is 14.4 Å². The topological polar surface area (TPSA) is 101 Å². The van der Waals surface area contributed by atoms with Gasteiger partial charge in [-0.25, -0.2) is 9.59 Å². The molecule has 1 fully saturated rings. The van der Waals surface area contributed by atoms with Gasteiger partial charge in [0.1, 0.15) is 5.69 Å². The van der Waals surface area contributed by atoms with E-state index in [0.29, 0.717) is 55.1 Å². The normalized spacial score (nSPS) is 14.8. The Bertz CT molecular complexity index is 675. The van der Waals surface area contributed by atoms with Crippen molar-refractivity contribution < 1.29 is 23.9 Å². The van der Waals surface area contributed by atoms with Crippen molar-refractivity contribution in [3.8, 4) is 0 Å². The van der Waals surface area contributed by atoms with Crippen molar-refractivity contribution in [2.75, 3.05) is 26.3 Å². The molecule has 144 valence electrons. The van der Waals surface area contributed by atoms with Crippen LogP contribution in [-0.4, -0.2) is 60.2 Å². The summed E-state index contributed by atoms with van der Waals surface area (Å²) in [6, 6.07) is -0.0257. The lowest BCUT2D eigenvalue weighted by Gasteiger charge is -2.31. The number of piperidine rings is 1. The molecule has 2 rings (SSSR count). The molecule has 2 N–H and O–H groups in total. The summed E-state index contributed by atoms with van der Waals surface area (Å²) in [5.41, 5.74) is 1.98. The number of rotatable bonds is 5. The van der Waals surface area contributed by atoms with E-state index < -0.39 is 5.97 Å². The Balaban J connectivity index is 1.98. The molecule has 0 bridgehead atoms. The maximum Gasteiger partial charge on any atom is 0.409 e. The van der Waals surface area contributed by atoms with Crippen LogP contribution in [0.1, 0.15) is 58.8 Å². The van der Waals surface area contributed by atoms with E-state index in [1.54, 1.807) is 32.6 Å². The monoisotopic (exact) mass is 365 g/mol. The third kappa shape index (κ3) is 4.36. The molecule has 1 aromatic heterocycles. The van der Waals surface area contributed by atoms with E-state index in [1.165, 1.54) is 0 Å². The van der Waals surface area contributed by atoms with Crippen molar-refractivity contribution in [1.82, 2.24) is 15.2 Å². The van der Waals surface area contributed by atoms with Crippen LogP contribution in [0.3, 0.4) is 0 Å². The molecule has 0 saturated carbocycles. The van der Waals surface area contributed by atoms with E-state index >= 15 is 0 Å².